The minimum Gasteiger partial charge on any atom is -0.398 e. The molecule has 0 aromatic rings. The van der Waals surface area contributed by atoms with Crippen LogP contribution in [0.5, 0.6) is 0 Å². The van der Waals surface area contributed by atoms with E-state index in [4.69, 9.17) is 5.73 Å². The molecule has 0 atom stereocenters. The molecular formula is C11H22N2. The molecular weight excluding hydrogens is 160 g/mol. The molecule has 0 spiro atoms. The van der Waals surface area contributed by atoms with Crippen LogP contribution < -0.4 is 5.73 Å². The predicted octanol–water partition coefficient (Wildman–Crippen LogP) is 2.48. The van der Waals surface area contributed by atoms with Gasteiger partial charge in [-0.05, 0) is 19.8 Å². The van der Waals surface area contributed by atoms with Crippen molar-refractivity contribution in [2.24, 2.45) is 5.73 Å². The molecule has 0 aromatic carbocycles. The zero-order valence-electron chi connectivity index (χ0n) is 9.14. The molecule has 13 heavy (non-hydrogen) atoms. The van der Waals surface area contributed by atoms with E-state index in [1.165, 1.54) is 0 Å². The fourth-order valence-corrected chi connectivity index (χ4v) is 1.46. The molecule has 2 heteroatoms. The molecule has 2 N–H and O–H groups in total. The van der Waals surface area contributed by atoms with Crippen molar-refractivity contribution in [3.05, 3.63) is 24.0 Å². The number of nitrogens with two attached hydrogens (primary N) is 1. The first kappa shape index (κ1) is 12.1. The van der Waals surface area contributed by atoms with Crippen molar-refractivity contribution in [3.8, 4) is 0 Å². The predicted molar refractivity (Wildman–Crippen MR) is 59.2 cm³/mol. The molecule has 76 valence electrons. The Kier molecular flexibility index (Phi) is 6.11. The molecule has 0 heterocycles. The number of hydrogen-bond donors (Lipinski definition) is 1. The molecule has 0 aliphatic carbocycles. The lowest BCUT2D eigenvalue weighted by Crippen LogP contribution is -2.27. The third-order valence-corrected chi connectivity index (χ3v) is 1.93. The Morgan fingerprint density at radius 1 is 1.31 bits per heavy atom. The van der Waals surface area contributed by atoms with Gasteiger partial charge in [0.05, 0.1) is 5.70 Å². The van der Waals surface area contributed by atoms with Crippen LogP contribution in [-0.2, 0) is 0 Å². The van der Waals surface area contributed by atoms with Crippen LogP contribution in [0.4, 0.5) is 0 Å². The van der Waals surface area contributed by atoms with E-state index >= 15 is 0 Å². The molecule has 0 saturated heterocycles. The minimum absolute atomic E-state index is 0.671. The highest BCUT2D eigenvalue weighted by Crippen LogP contribution is 2.10. The van der Waals surface area contributed by atoms with Gasteiger partial charge in [0.15, 0.2) is 0 Å². The van der Waals surface area contributed by atoms with Gasteiger partial charge in [-0.1, -0.05) is 26.5 Å². The van der Waals surface area contributed by atoms with Gasteiger partial charge in [0.2, 0.25) is 0 Å². The second kappa shape index (κ2) is 6.58. The van der Waals surface area contributed by atoms with Gasteiger partial charge >= 0.3 is 0 Å². The van der Waals surface area contributed by atoms with Crippen molar-refractivity contribution < 1.29 is 0 Å². The van der Waals surface area contributed by atoms with Crippen molar-refractivity contribution in [2.75, 3.05) is 13.1 Å². The van der Waals surface area contributed by atoms with Gasteiger partial charge in [-0.25, -0.2) is 0 Å². The van der Waals surface area contributed by atoms with Crippen LogP contribution in [0, 0.1) is 0 Å². The van der Waals surface area contributed by atoms with E-state index in [1.807, 2.05) is 13.0 Å². The van der Waals surface area contributed by atoms with Crippen LogP contribution in [0.3, 0.4) is 0 Å². The lowest BCUT2D eigenvalue weighted by Gasteiger charge is -2.26. The Labute approximate surface area is 82.1 Å². The number of nitrogens with zero attached hydrogens (tertiary/aromatic N) is 1. The molecule has 0 radical (unpaired) electrons. The molecule has 0 saturated carbocycles. The monoisotopic (exact) mass is 182 g/mol. The van der Waals surface area contributed by atoms with Crippen molar-refractivity contribution in [1.82, 2.24) is 4.90 Å². The van der Waals surface area contributed by atoms with Crippen molar-refractivity contribution >= 4 is 0 Å². The van der Waals surface area contributed by atoms with Crippen LogP contribution in [0.25, 0.3) is 0 Å². The quantitative estimate of drug-likeness (QED) is 0.639. The van der Waals surface area contributed by atoms with Crippen LogP contribution in [0.15, 0.2) is 24.0 Å². The molecule has 2 nitrogen and oxygen atoms in total. The first-order valence-electron chi connectivity index (χ1n) is 5.03. The lowest BCUT2D eigenvalue weighted by atomic mass is 10.2. The van der Waals surface area contributed by atoms with Crippen molar-refractivity contribution in [2.45, 2.75) is 33.6 Å². The molecule has 0 aromatic heterocycles. The Bertz CT molecular complexity index is 177. The van der Waals surface area contributed by atoms with Gasteiger partial charge in [0.25, 0.3) is 0 Å². The molecule has 0 amide bonds. The van der Waals surface area contributed by atoms with Crippen LogP contribution >= 0.6 is 0 Å². The summed E-state index contributed by atoms with van der Waals surface area (Å²) in [7, 11) is 0. The average molecular weight is 182 g/mol. The van der Waals surface area contributed by atoms with Crippen LogP contribution in [0.1, 0.15) is 33.6 Å². The van der Waals surface area contributed by atoms with Gasteiger partial charge in [-0.2, -0.15) is 0 Å². The first-order valence-corrected chi connectivity index (χ1v) is 5.03. The summed E-state index contributed by atoms with van der Waals surface area (Å²) in [5, 5.41) is 0. The topological polar surface area (TPSA) is 29.3 Å². The summed E-state index contributed by atoms with van der Waals surface area (Å²) in [5.74, 6) is 0. The normalized spacial score (nSPS) is 11.5. The largest absolute Gasteiger partial charge is 0.398 e. The van der Waals surface area contributed by atoms with E-state index < -0.39 is 0 Å². The highest BCUT2D eigenvalue weighted by atomic mass is 15.1. The van der Waals surface area contributed by atoms with E-state index in [1.54, 1.807) is 0 Å². The minimum atomic E-state index is 0.671. The summed E-state index contributed by atoms with van der Waals surface area (Å²) in [6.45, 7) is 12.3. The molecule has 0 bridgehead atoms. The first-order chi connectivity index (χ1) is 6.17. The summed E-state index contributed by atoms with van der Waals surface area (Å²) < 4.78 is 0. The number of rotatable bonds is 6. The molecule has 0 unspecified atom stereocenters. The lowest BCUT2D eigenvalue weighted by molar-refractivity contribution is 0.349. The summed E-state index contributed by atoms with van der Waals surface area (Å²) in [6.07, 6.45) is 4.32. The molecule has 0 fully saturated rings. The SMILES string of the molecule is C=C(N)/C(=C\C)N(CCC)CCC. The molecule has 0 aliphatic heterocycles. The van der Waals surface area contributed by atoms with Crippen molar-refractivity contribution in [3.63, 3.8) is 0 Å². The van der Waals surface area contributed by atoms with Gasteiger partial charge in [-0.3, -0.25) is 0 Å². The summed E-state index contributed by atoms with van der Waals surface area (Å²) in [6, 6.07) is 0. The van der Waals surface area contributed by atoms with Crippen LogP contribution in [-0.4, -0.2) is 18.0 Å². The number of allylic oxidation sites excluding steroid dienone is 1. The highest BCUT2D eigenvalue weighted by molar-refractivity contribution is 5.23. The number of hydrogen-bond acceptors (Lipinski definition) is 2. The van der Waals surface area contributed by atoms with Gasteiger partial charge in [0, 0.05) is 18.8 Å². The van der Waals surface area contributed by atoms with Gasteiger partial charge in [-0.15, -0.1) is 0 Å². The Balaban J connectivity index is 4.39. The van der Waals surface area contributed by atoms with Gasteiger partial charge < -0.3 is 10.6 Å². The van der Waals surface area contributed by atoms with E-state index in [0.717, 1.165) is 31.6 Å². The maximum Gasteiger partial charge on any atom is 0.0550 e. The fraction of sp³-hybridized carbons (Fsp3) is 0.636. The van der Waals surface area contributed by atoms with E-state index in [-0.39, 0.29) is 0 Å². The average Bonchev–Trinajstić information content (AvgIpc) is 2.05. The highest BCUT2D eigenvalue weighted by Gasteiger charge is 2.07. The molecule has 0 rings (SSSR count). The smallest absolute Gasteiger partial charge is 0.0550 e. The van der Waals surface area contributed by atoms with Crippen molar-refractivity contribution in [1.29, 1.82) is 0 Å². The Hall–Kier alpha value is -0.920. The third-order valence-electron chi connectivity index (χ3n) is 1.93. The van der Waals surface area contributed by atoms with E-state index in [2.05, 4.69) is 25.3 Å². The fourth-order valence-electron chi connectivity index (χ4n) is 1.46. The second-order valence-corrected chi connectivity index (χ2v) is 3.19. The Morgan fingerprint density at radius 2 is 1.77 bits per heavy atom. The standard InChI is InChI=1S/C11H22N2/c1-5-8-13(9-6-2)11(7-3)10(4)12/h7H,4-6,8-9,12H2,1-3H3/b11-7+. The zero-order valence-corrected chi connectivity index (χ0v) is 9.14. The molecule has 0 aliphatic rings. The maximum atomic E-state index is 5.70. The van der Waals surface area contributed by atoms with E-state index in [9.17, 15) is 0 Å². The second-order valence-electron chi connectivity index (χ2n) is 3.19. The van der Waals surface area contributed by atoms with Gasteiger partial charge in [0.1, 0.15) is 0 Å². The van der Waals surface area contributed by atoms with Crippen LogP contribution in [0.2, 0.25) is 0 Å². The third kappa shape index (κ3) is 4.02. The van der Waals surface area contributed by atoms with E-state index in [0.29, 0.717) is 5.70 Å². The summed E-state index contributed by atoms with van der Waals surface area (Å²) in [4.78, 5) is 2.29. The Morgan fingerprint density at radius 3 is 2.00 bits per heavy atom. The zero-order chi connectivity index (χ0) is 10.3. The maximum absolute atomic E-state index is 5.70. The summed E-state index contributed by atoms with van der Waals surface area (Å²) in [5.41, 5.74) is 7.46. The summed E-state index contributed by atoms with van der Waals surface area (Å²) >= 11 is 0.